The summed E-state index contributed by atoms with van der Waals surface area (Å²) >= 11 is 0. The molecule has 0 radical (unpaired) electrons. The van der Waals surface area contributed by atoms with Gasteiger partial charge in [-0.25, -0.2) is 0 Å². The quantitative estimate of drug-likeness (QED) is 0.614. The van der Waals surface area contributed by atoms with Gasteiger partial charge in [0.15, 0.2) is 0 Å². The lowest BCUT2D eigenvalue weighted by molar-refractivity contribution is -0.152. The first-order chi connectivity index (χ1) is 7.06. The van der Waals surface area contributed by atoms with Crippen LogP contribution in [0.4, 0.5) is 0 Å². The minimum atomic E-state index is -1.31. The van der Waals surface area contributed by atoms with Crippen LogP contribution in [0.2, 0.25) is 0 Å². The van der Waals surface area contributed by atoms with Gasteiger partial charge in [-0.05, 0) is 13.8 Å². The summed E-state index contributed by atoms with van der Waals surface area (Å²) in [4.78, 5) is 22.5. The number of carbonyl (C=O) groups is 2. The van der Waals surface area contributed by atoms with E-state index >= 15 is 0 Å². The Kier molecular flexibility index (Phi) is 3.46. The number of ether oxygens (including phenoxy) is 1. The molecule has 80 valence electrons. The molecule has 1 atom stereocenters. The van der Waals surface area contributed by atoms with Crippen LogP contribution >= 0.6 is 0 Å². The van der Waals surface area contributed by atoms with E-state index in [0.717, 1.165) is 5.01 Å². The first-order valence-corrected chi connectivity index (χ1v) is 4.34. The minimum Gasteiger partial charge on any atom is -0.356 e. The predicted molar refractivity (Wildman–Crippen MR) is 47.2 cm³/mol. The average molecular weight is 210 g/mol. The Bertz CT molecular complexity index is 344. The predicted octanol–water partition coefficient (Wildman–Crippen LogP) is 0.0396. The van der Waals surface area contributed by atoms with E-state index in [-0.39, 0.29) is 12.8 Å². The van der Waals surface area contributed by atoms with E-state index in [0.29, 0.717) is 0 Å². The van der Waals surface area contributed by atoms with E-state index in [1.165, 1.54) is 0 Å². The molecule has 1 unspecified atom stereocenters. The number of hydrogen-bond donors (Lipinski definition) is 0. The van der Waals surface area contributed by atoms with E-state index in [1.807, 2.05) is 0 Å². The highest BCUT2D eigenvalue weighted by atomic mass is 16.5. The van der Waals surface area contributed by atoms with Crippen LogP contribution in [0.25, 0.3) is 0 Å². The second kappa shape index (κ2) is 4.61. The Hall–Kier alpha value is -1.81. The third kappa shape index (κ3) is 2.57. The highest BCUT2D eigenvalue weighted by Crippen LogP contribution is 2.08. The fourth-order valence-electron chi connectivity index (χ4n) is 0.840. The molecule has 0 aromatic carbocycles. The second-order valence-corrected chi connectivity index (χ2v) is 3.15. The van der Waals surface area contributed by atoms with Crippen molar-refractivity contribution in [3.63, 3.8) is 0 Å². The van der Waals surface area contributed by atoms with Crippen LogP contribution in [0.3, 0.4) is 0 Å². The largest absolute Gasteiger partial charge is 0.356 e. The summed E-state index contributed by atoms with van der Waals surface area (Å²) in [6.07, 6.45) is -0.0863. The molecule has 1 aliphatic rings. The molecule has 0 aromatic heterocycles. The molecule has 0 spiro atoms. The van der Waals surface area contributed by atoms with Crippen molar-refractivity contribution in [1.82, 2.24) is 5.01 Å². The summed E-state index contributed by atoms with van der Waals surface area (Å²) in [5.74, 6) is -1.74. The second-order valence-electron chi connectivity index (χ2n) is 3.15. The van der Waals surface area contributed by atoms with Gasteiger partial charge < -0.3 is 4.74 Å². The molecular weight excluding hydrogens is 200 g/mol. The van der Waals surface area contributed by atoms with Crippen LogP contribution in [0.5, 0.6) is 0 Å². The highest BCUT2D eigenvalue weighted by molar-refractivity contribution is 6.39. The van der Waals surface area contributed by atoms with Gasteiger partial charge in [0.2, 0.25) is 6.04 Å². The maximum atomic E-state index is 11.3. The van der Waals surface area contributed by atoms with E-state index in [2.05, 4.69) is 10.3 Å². The summed E-state index contributed by atoms with van der Waals surface area (Å²) in [5.41, 5.74) is 0. The van der Waals surface area contributed by atoms with E-state index in [1.54, 1.807) is 19.9 Å². The molecule has 1 amide bonds. The van der Waals surface area contributed by atoms with Gasteiger partial charge in [0.25, 0.3) is 5.78 Å². The third-order valence-corrected chi connectivity index (χ3v) is 1.62. The Morgan fingerprint density at radius 1 is 1.60 bits per heavy atom. The Morgan fingerprint density at radius 3 is 2.80 bits per heavy atom. The fraction of sp³-hybridized carbons (Fsp3) is 0.625. The van der Waals surface area contributed by atoms with Gasteiger partial charge in [-0.15, -0.1) is 5.11 Å². The monoisotopic (exact) mass is 210 g/mol. The van der Waals surface area contributed by atoms with Gasteiger partial charge in [0.1, 0.15) is 12.8 Å². The molecule has 0 saturated heterocycles. The first kappa shape index (κ1) is 11.3. The smallest absolute Gasteiger partial charge is 0.317 e. The molecule has 0 aliphatic carbocycles. The van der Waals surface area contributed by atoms with Crippen LogP contribution in [0, 0.1) is 11.3 Å². The van der Waals surface area contributed by atoms with Gasteiger partial charge in [-0.3, -0.25) is 9.59 Å². The molecule has 7 heteroatoms. The maximum absolute atomic E-state index is 11.3. The van der Waals surface area contributed by atoms with Crippen LogP contribution in [-0.4, -0.2) is 35.6 Å². The summed E-state index contributed by atoms with van der Waals surface area (Å²) < 4.78 is 5.09. The normalized spacial score (nSPS) is 20.9. The molecule has 1 rings (SSSR count). The lowest BCUT2D eigenvalue weighted by Crippen LogP contribution is -2.42. The van der Waals surface area contributed by atoms with Gasteiger partial charge in [0, 0.05) is 0 Å². The SMILES string of the molecule is CC(C)OCN1N=NC(C#N)C(=O)C1=O. The summed E-state index contributed by atoms with van der Waals surface area (Å²) in [7, 11) is 0. The number of amides is 1. The zero-order chi connectivity index (χ0) is 11.4. The standard InChI is InChI=1S/C8H10N4O3/c1-5(2)15-4-12-8(14)7(13)6(3-9)10-11-12/h5-6H,4H2,1-2H3. The van der Waals surface area contributed by atoms with Crippen LogP contribution in [0.1, 0.15) is 13.8 Å². The number of Topliss-reactive ketones (excluding diaryl/α,β-unsaturated/α-hetero) is 1. The molecular formula is C8H10N4O3. The van der Waals surface area contributed by atoms with Gasteiger partial charge in [-0.2, -0.15) is 10.3 Å². The van der Waals surface area contributed by atoms with E-state index in [4.69, 9.17) is 10.00 Å². The molecule has 15 heavy (non-hydrogen) atoms. The summed E-state index contributed by atoms with van der Waals surface area (Å²) in [5, 5.41) is 16.1. The van der Waals surface area contributed by atoms with Crippen LogP contribution in [-0.2, 0) is 14.3 Å². The van der Waals surface area contributed by atoms with Crippen LogP contribution < -0.4 is 0 Å². The number of ketones is 1. The molecule has 1 heterocycles. The van der Waals surface area contributed by atoms with Crippen molar-refractivity contribution in [2.24, 2.45) is 10.3 Å². The Labute approximate surface area is 86.3 Å². The molecule has 0 aromatic rings. The highest BCUT2D eigenvalue weighted by Gasteiger charge is 2.34. The van der Waals surface area contributed by atoms with Crippen molar-refractivity contribution in [3.8, 4) is 6.07 Å². The molecule has 1 aliphatic heterocycles. The van der Waals surface area contributed by atoms with E-state index in [9.17, 15) is 9.59 Å². The maximum Gasteiger partial charge on any atom is 0.317 e. The van der Waals surface area contributed by atoms with E-state index < -0.39 is 17.7 Å². The molecule has 0 bridgehead atoms. The number of hydrogen-bond acceptors (Lipinski definition) is 6. The molecule has 0 saturated carbocycles. The summed E-state index contributed by atoms with van der Waals surface area (Å²) in [6, 6.07) is 0.259. The number of rotatable bonds is 3. The third-order valence-electron chi connectivity index (χ3n) is 1.62. The van der Waals surface area contributed by atoms with Gasteiger partial charge in [-0.1, -0.05) is 5.22 Å². The zero-order valence-corrected chi connectivity index (χ0v) is 8.38. The van der Waals surface area contributed by atoms with Crippen molar-refractivity contribution in [2.75, 3.05) is 6.73 Å². The number of carbonyl (C=O) groups excluding carboxylic acids is 2. The zero-order valence-electron chi connectivity index (χ0n) is 8.38. The molecule has 0 fully saturated rings. The summed E-state index contributed by atoms with van der Waals surface area (Å²) in [6.45, 7) is 3.43. The van der Waals surface area contributed by atoms with Crippen molar-refractivity contribution in [2.45, 2.75) is 26.0 Å². The van der Waals surface area contributed by atoms with Gasteiger partial charge in [0.05, 0.1) is 6.10 Å². The number of nitrogens with zero attached hydrogens (tertiary/aromatic N) is 4. The number of nitriles is 1. The van der Waals surface area contributed by atoms with Gasteiger partial charge >= 0.3 is 5.91 Å². The van der Waals surface area contributed by atoms with Crippen LogP contribution in [0.15, 0.2) is 10.3 Å². The van der Waals surface area contributed by atoms with Crippen molar-refractivity contribution in [1.29, 1.82) is 5.26 Å². The van der Waals surface area contributed by atoms with Crippen molar-refractivity contribution < 1.29 is 14.3 Å². The molecule has 7 nitrogen and oxygen atoms in total. The average Bonchev–Trinajstić information content (AvgIpc) is 2.20. The van der Waals surface area contributed by atoms with Crippen molar-refractivity contribution in [3.05, 3.63) is 0 Å². The molecule has 0 N–H and O–H groups in total. The lowest BCUT2D eigenvalue weighted by atomic mass is 10.2. The minimum absolute atomic E-state index is 0.0863. The lowest BCUT2D eigenvalue weighted by Gasteiger charge is -2.20. The Morgan fingerprint density at radius 2 is 2.27 bits per heavy atom. The first-order valence-electron chi connectivity index (χ1n) is 4.34. The topological polar surface area (TPSA) is 95.1 Å². The fourth-order valence-corrected chi connectivity index (χ4v) is 0.840. The van der Waals surface area contributed by atoms with Crippen molar-refractivity contribution >= 4 is 11.7 Å². The Balaban J connectivity index is 2.67.